The van der Waals surface area contributed by atoms with Crippen LogP contribution in [0.4, 0.5) is 0 Å². The molecule has 1 fully saturated rings. The second kappa shape index (κ2) is 5.99. The molecule has 5 nitrogen and oxygen atoms in total. The van der Waals surface area contributed by atoms with E-state index in [-0.39, 0.29) is 12.5 Å². The van der Waals surface area contributed by atoms with E-state index in [9.17, 15) is 4.79 Å². The SMILES string of the molecule is Cc1cc(C)n(CC(=O)N/N=C2\CCC[C@H](C)C2)n1. The molecule has 0 aromatic carbocycles. The molecule has 1 saturated carbocycles. The van der Waals surface area contributed by atoms with Gasteiger partial charge in [-0.25, -0.2) is 5.43 Å². The molecule has 0 spiro atoms. The highest BCUT2D eigenvalue weighted by Gasteiger charge is 2.14. The van der Waals surface area contributed by atoms with Crippen molar-refractivity contribution in [1.82, 2.24) is 15.2 Å². The van der Waals surface area contributed by atoms with Crippen LogP contribution in [0.25, 0.3) is 0 Å². The lowest BCUT2D eigenvalue weighted by atomic mass is 9.89. The fourth-order valence-electron chi connectivity index (χ4n) is 2.51. The van der Waals surface area contributed by atoms with E-state index in [0.29, 0.717) is 5.92 Å². The van der Waals surface area contributed by atoms with Gasteiger partial charge in [0.05, 0.1) is 5.69 Å². The van der Waals surface area contributed by atoms with Gasteiger partial charge in [0.25, 0.3) is 5.91 Å². The molecule has 1 aromatic rings. The molecule has 1 aromatic heterocycles. The van der Waals surface area contributed by atoms with Crippen molar-refractivity contribution in [2.75, 3.05) is 0 Å². The Labute approximate surface area is 114 Å². The molecule has 1 heterocycles. The number of carbonyl (C=O) groups is 1. The normalized spacial score (nSPS) is 21.6. The summed E-state index contributed by atoms with van der Waals surface area (Å²) in [5.41, 5.74) is 5.68. The summed E-state index contributed by atoms with van der Waals surface area (Å²) in [4.78, 5) is 11.8. The quantitative estimate of drug-likeness (QED) is 0.849. The molecule has 5 heteroatoms. The van der Waals surface area contributed by atoms with Gasteiger partial charge in [-0.1, -0.05) is 6.92 Å². The number of hydrogen-bond donors (Lipinski definition) is 1. The van der Waals surface area contributed by atoms with Crippen LogP contribution in [0.2, 0.25) is 0 Å². The summed E-state index contributed by atoms with van der Waals surface area (Å²) in [6.07, 6.45) is 4.44. The molecular formula is C14H22N4O. The van der Waals surface area contributed by atoms with E-state index in [1.807, 2.05) is 19.9 Å². The molecule has 1 atom stereocenters. The maximum atomic E-state index is 11.8. The Bertz CT molecular complexity index is 490. The van der Waals surface area contributed by atoms with E-state index >= 15 is 0 Å². The first-order valence-electron chi connectivity index (χ1n) is 6.90. The van der Waals surface area contributed by atoms with Crippen LogP contribution >= 0.6 is 0 Å². The number of amides is 1. The Hall–Kier alpha value is -1.65. The van der Waals surface area contributed by atoms with E-state index in [1.54, 1.807) is 4.68 Å². The van der Waals surface area contributed by atoms with E-state index in [0.717, 1.165) is 29.9 Å². The second-order valence-electron chi connectivity index (χ2n) is 5.50. The van der Waals surface area contributed by atoms with Crippen LogP contribution < -0.4 is 5.43 Å². The maximum Gasteiger partial charge on any atom is 0.261 e. The number of hydrogen-bond acceptors (Lipinski definition) is 3. The van der Waals surface area contributed by atoms with Gasteiger partial charge in [-0.3, -0.25) is 9.48 Å². The summed E-state index contributed by atoms with van der Waals surface area (Å²) in [5.74, 6) is 0.567. The van der Waals surface area contributed by atoms with E-state index in [1.165, 1.54) is 12.8 Å². The van der Waals surface area contributed by atoms with Gasteiger partial charge in [0.15, 0.2) is 0 Å². The minimum atomic E-state index is -0.114. The second-order valence-corrected chi connectivity index (χ2v) is 5.50. The van der Waals surface area contributed by atoms with Crippen molar-refractivity contribution in [3.05, 3.63) is 17.5 Å². The smallest absolute Gasteiger partial charge is 0.261 e. The number of rotatable bonds is 3. The third kappa shape index (κ3) is 3.91. The molecule has 2 rings (SSSR count). The van der Waals surface area contributed by atoms with Gasteiger partial charge in [0.2, 0.25) is 0 Å². The van der Waals surface area contributed by atoms with E-state index < -0.39 is 0 Å². The number of hydrazone groups is 1. The van der Waals surface area contributed by atoms with Crippen molar-refractivity contribution in [3.8, 4) is 0 Å². The topological polar surface area (TPSA) is 59.3 Å². The first-order chi connectivity index (χ1) is 9.04. The molecule has 1 amide bonds. The van der Waals surface area contributed by atoms with Gasteiger partial charge in [-0.05, 0) is 51.5 Å². The van der Waals surface area contributed by atoms with Gasteiger partial charge in [-0.2, -0.15) is 10.2 Å². The van der Waals surface area contributed by atoms with Gasteiger partial charge >= 0.3 is 0 Å². The highest BCUT2D eigenvalue weighted by molar-refractivity contribution is 5.87. The Kier molecular flexibility index (Phi) is 4.35. The van der Waals surface area contributed by atoms with Crippen LogP contribution in [-0.4, -0.2) is 21.4 Å². The Morgan fingerprint density at radius 2 is 2.37 bits per heavy atom. The molecule has 0 saturated heterocycles. The first kappa shape index (κ1) is 13.8. The average molecular weight is 262 g/mol. The monoisotopic (exact) mass is 262 g/mol. The average Bonchev–Trinajstić information content (AvgIpc) is 2.65. The van der Waals surface area contributed by atoms with Crippen molar-refractivity contribution < 1.29 is 4.79 Å². The molecule has 0 unspecified atom stereocenters. The molecule has 1 aliphatic carbocycles. The summed E-state index contributed by atoms with van der Waals surface area (Å²) < 4.78 is 1.70. The number of nitrogens with zero attached hydrogens (tertiary/aromatic N) is 3. The number of aromatic nitrogens is 2. The van der Waals surface area contributed by atoms with Crippen LogP contribution in [0.5, 0.6) is 0 Å². The van der Waals surface area contributed by atoms with Crippen LogP contribution in [0.1, 0.15) is 44.0 Å². The van der Waals surface area contributed by atoms with Crippen molar-refractivity contribution in [3.63, 3.8) is 0 Å². The molecule has 0 aliphatic heterocycles. The highest BCUT2D eigenvalue weighted by Crippen LogP contribution is 2.20. The summed E-state index contributed by atoms with van der Waals surface area (Å²) in [6.45, 7) is 6.32. The van der Waals surface area contributed by atoms with E-state index in [2.05, 4.69) is 22.5 Å². The number of aryl methyl sites for hydroxylation is 2. The zero-order chi connectivity index (χ0) is 13.8. The summed E-state index contributed by atoms with van der Waals surface area (Å²) >= 11 is 0. The molecule has 1 aliphatic rings. The lowest BCUT2D eigenvalue weighted by Crippen LogP contribution is -2.26. The summed E-state index contributed by atoms with van der Waals surface area (Å²) in [5, 5.41) is 8.51. The Balaban J connectivity index is 1.87. The van der Waals surface area contributed by atoms with Gasteiger partial charge < -0.3 is 0 Å². The molecule has 0 bridgehead atoms. The fourth-order valence-corrected chi connectivity index (χ4v) is 2.51. The van der Waals surface area contributed by atoms with Crippen molar-refractivity contribution in [2.24, 2.45) is 11.0 Å². The van der Waals surface area contributed by atoms with Crippen LogP contribution in [0.15, 0.2) is 11.2 Å². The minimum absolute atomic E-state index is 0.114. The van der Waals surface area contributed by atoms with Crippen molar-refractivity contribution in [1.29, 1.82) is 0 Å². The molecule has 104 valence electrons. The largest absolute Gasteiger partial charge is 0.271 e. The predicted octanol–water partition coefficient (Wildman–Crippen LogP) is 2.18. The zero-order valence-corrected chi connectivity index (χ0v) is 11.9. The molecule has 0 radical (unpaired) electrons. The van der Waals surface area contributed by atoms with Crippen molar-refractivity contribution in [2.45, 2.75) is 53.0 Å². The lowest BCUT2D eigenvalue weighted by Gasteiger charge is -2.18. The third-order valence-corrected chi connectivity index (χ3v) is 3.48. The number of nitrogens with one attached hydrogen (secondary N) is 1. The van der Waals surface area contributed by atoms with Crippen LogP contribution in [-0.2, 0) is 11.3 Å². The maximum absolute atomic E-state index is 11.8. The molecule has 1 N–H and O–H groups in total. The summed E-state index contributed by atoms with van der Waals surface area (Å²) in [6, 6.07) is 1.96. The van der Waals surface area contributed by atoms with Crippen LogP contribution in [0, 0.1) is 19.8 Å². The van der Waals surface area contributed by atoms with E-state index in [4.69, 9.17) is 0 Å². The van der Waals surface area contributed by atoms with Gasteiger partial charge in [0, 0.05) is 11.4 Å². The fraction of sp³-hybridized carbons (Fsp3) is 0.643. The molecular weight excluding hydrogens is 240 g/mol. The third-order valence-electron chi connectivity index (χ3n) is 3.48. The predicted molar refractivity (Wildman–Crippen MR) is 74.9 cm³/mol. The zero-order valence-electron chi connectivity index (χ0n) is 11.9. The summed E-state index contributed by atoms with van der Waals surface area (Å²) in [7, 11) is 0. The van der Waals surface area contributed by atoms with Gasteiger partial charge in [-0.15, -0.1) is 0 Å². The lowest BCUT2D eigenvalue weighted by molar-refractivity contribution is -0.121. The minimum Gasteiger partial charge on any atom is -0.271 e. The standard InChI is InChI=1S/C14H22N4O/c1-10-5-4-6-13(7-10)15-16-14(19)9-18-12(3)8-11(2)17-18/h8,10H,4-7,9H2,1-3H3,(H,16,19)/b15-13+/t10-/m0/s1. The van der Waals surface area contributed by atoms with Crippen molar-refractivity contribution >= 4 is 11.6 Å². The highest BCUT2D eigenvalue weighted by atomic mass is 16.2. The Morgan fingerprint density at radius 1 is 1.58 bits per heavy atom. The first-order valence-corrected chi connectivity index (χ1v) is 6.90. The molecule has 19 heavy (non-hydrogen) atoms. The number of carbonyl (C=O) groups excluding carboxylic acids is 1. The van der Waals surface area contributed by atoms with Crippen LogP contribution in [0.3, 0.4) is 0 Å². The van der Waals surface area contributed by atoms with Gasteiger partial charge in [0.1, 0.15) is 6.54 Å². The Morgan fingerprint density at radius 3 is 3.00 bits per heavy atom.